The van der Waals surface area contributed by atoms with Crippen molar-refractivity contribution in [1.82, 2.24) is 9.55 Å². The van der Waals surface area contributed by atoms with E-state index in [1.807, 2.05) is 60.3 Å². The third kappa shape index (κ3) is 3.52. The number of pyridine rings is 1. The Hall–Kier alpha value is -2.80. The van der Waals surface area contributed by atoms with E-state index >= 15 is 0 Å². The molecule has 0 radical (unpaired) electrons. The maximum absolute atomic E-state index is 12.9. The lowest BCUT2D eigenvalue weighted by Crippen LogP contribution is -2.48. The Morgan fingerprint density at radius 3 is 2.41 bits per heavy atom. The molecule has 5 rings (SSSR count). The summed E-state index contributed by atoms with van der Waals surface area (Å²) in [5.41, 5.74) is 3.10. The fraction of sp³-hybridized carbons (Fsp3) is 0.296. The number of carbonyl (C=O) groups is 2. The van der Waals surface area contributed by atoms with Crippen LogP contribution in [-0.4, -0.2) is 31.8 Å². The minimum atomic E-state index is -1.28. The van der Waals surface area contributed by atoms with Crippen molar-refractivity contribution in [3.63, 3.8) is 0 Å². The number of halogens is 1. The van der Waals surface area contributed by atoms with E-state index in [9.17, 15) is 14.7 Å². The maximum Gasteiger partial charge on any atom is 0.171 e. The number of ketones is 2. The Balaban J connectivity index is 1.91. The minimum absolute atomic E-state index is 0.0310. The first-order valence-corrected chi connectivity index (χ1v) is 12.4. The number of Topliss-reactive ketones (excluding diaryl/α,β-unsaturated/α-hetero) is 2. The first kappa shape index (κ1) is 23.0. The van der Waals surface area contributed by atoms with Crippen LogP contribution in [0.4, 0.5) is 0 Å². The Labute approximate surface area is 207 Å². The molecule has 1 aliphatic rings. The molecule has 174 valence electrons. The minimum Gasteiger partial charge on any atom is -0.389 e. The van der Waals surface area contributed by atoms with E-state index in [0.29, 0.717) is 16.3 Å². The van der Waals surface area contributed by atoms with E-state index in [4.69, 9.17) is 16.6 Å². The number of carbonyl (C=O) groups excluding carboxylic acids is 2. The molecule has 7 heteroatoms. The van der Waals surface area contributed by atoms with Gasteiger partial charge in [-0.25, -0.2) is 4.98 Å². The fourth-order valence-electron chi connectivity index (χ4n) is 5.59. The zero-order chi connectivity index (χ0) is 24.4. The molecule has 3 unspecified atom stereocenters. The van der Waals surface area contributed by atoms with Gasteiger partial charge in [0.05, 0.1) is 22.1 Å². The summed E-state index contributed by atoms with van der Waals surface area (Å²) in [6.07, 6.45) is 4.12. The van der Waals surface area contributed by atoms with E-state index in [0.717, 1.165) is 38.3 Å². The van der Waals surface area contributed by atoms with Gasteiger partial charge in [-0.05, 0) is 61.7 Å². The van der Waals surface area contributed by atoms with Crippen molar-refractivity contribution in [3.05, 3.63) is 81.1 Å². The zero-order valence-corrected chi connectivity index (χ0v) is 21.0. The molecule has 0 spiro atoms. The van der Waals surface area contributed by atoms with E-state index < -0.39 is 11.5 Å². The van der Waals surface area contributed by atoms with Gasteiger partial charge in [0.15, 0.2) is 5.78 Å². The normalized spacial score (nSPS) is 22.1. The maximum atomic E-state index is 12.9. The van der Waals surface area contributed by atoms with Gasteiger partial charge in [-0.1, -0.05) is 23.7 Å². The van der Waals surface area contributed by atoms with Gasteiger partial charge in [0.2, 0.25) is 0 Å². The molecular weight excluding hydrogens is 468 g/mol. The highest BCUT2D eigenvalue weighted by Gasteiger charge is 2.48. The summed E-state index contributed by atoms with van der Waals surface area (Å²) in [6.45, 7) is 6.79. The number of hydrogen-bond donors (Lipinski definition) is 1. The number of aryl methyl sites for hydroxylation is 1. The van der Waals surface area contributed by atoms with Crippen LogP contribution in [0.2, 0.25) is 5.02 Å². The van der Waals surface area contributed by atoms with Crippen molar-refractivity contribution in [2.45, 2.75) is 45.6 Å². The largest absolute Gasteiger partial charge is 0.389 e. The summed E-state index contributed by atoms with van der Waals surface area (Å²) in [4.78, 5) is 31.9. The molecule has 0 aliphatic heterocycles. The first-order chi connectivity index (χ1) is 16.1. The molecule has 0 fully saturated rings. The van der Waals surface area contributed by atoms with Crippen molar-refractivity contribution in [1.29, 1.82) is 0 Å². The average molecular weight is 493 g/mol. The van der Waals surface area contributed by atoms with Gasteiger partial charge < -0.3 is 9.67 Å². The monoisotopic (exact) mass is 492 g/mol. The van der Waals surface area contributed by atoms with Crippen LogP contribution in [0.5, 0.6) is 0 Å². The molecule has 5 nitrogen and oxygen atoms in total. The molecule has 0 saturated carbocycles. The SMILES string of the molecule is CC(=O)c1sc2nc(C)c3c(c2c1-n1cccc1)CC(C)(O)C(C(C)=O)C3c1ccc(Cl)cc1. The van der Waals surface area contributed by atoms with E-state index in [2.05, 4.69) is 0 Å². The number of hydrogen-bond acceptors (Lipinski definition) is 5. The molecule has 4 aromatic rings. The number of nitrogens with zero attached hydrogens (tertiary/aromatic N) is 2. The zero-order valence-electron chi connectivity index (χ0n) is 19.4. The number of rotatable bonds is 4. The molecule has 1 aromatic carbocycles. The number of benzene rings is 1. The lowest BCUT2D eigenvalue weighted by Gasteiger charge is -2.43. The van der Waals surface area contributed by atoms with Crippen LogP contribution in [-0.2, 0) is 11.2 Å². The van der Waals surface area contributed by atoms with Crippen LogP contribution in [0.25, 0.3) is 15.9 Å². The second kappa shape index (κ2) is 8.15. The number of thiophene rings is 1. The molecule has 3 atom stereocenters. The van der Waals surface area contributed by atoms with Gasteiger partial charge in [0, 0.05) is 47.8 Å². The van der Waals surface area contributed by atoms with Crippen LogP contribution in [0.1, 0.15) is 58.7 Å². The number of aliphatic hydroxyl groups is 1. The molecule has 1 aliphatic carbocycles. The van der Waals surface area contributed by atoms with Crippen molar-refractivity contribution < 1.29 is 14.7 Å². The summed E-state index contributed by atoms with van der Waals surface area (Å²) < 4.78 is 1.94. The van der Waals surface area contributed by atoms with Gasteiger partial charge >= 0.3 is 0 Å². The fourth-order valence-corrected chi connectivity index (χ4v) is 6.86. The number of aromatic nitrogens is 2. The Bertz CT molecular complexity index is 1440. The second-order valence-corrected chi connectivity index (χ2v) is 10.8. The molecule has 0 amide bonds. The van der Waals surface area contributed by atoms with E-state index in [-0.39, 0.29) is 17.5 Å². The third-order valence-electron chi connectivity index (χ3n) is 6.85. The highest BCUT2D eigenvalue weighted by atomic mass is 35.5. The van der Waals surface area contributed by atoms with Gasteiger partial charge in [0.1, 0.15) is 10.6 Å². The highest BCUT2D eigenvalue weighted by molar-refractivity contribution is 7.21. The van der Waals surface area contributed by atoms with Gasteiger partial charge in [-0.3, -0.25) is 9.59 Å². The van der Waals surface area contributed by atoms with E-state index in [1.54, 1.807) is 13.8 Å². The molecule has 3 aromatic heterocycles. The van der Waals surface area contributed by atoms with Gasteiger partial charge in [-0.15, -0.1) is 11.3 Å². The molecule has 0 bridgehead atoms. The van der Waals surface area contributed by atoms with Crippen LogP contribution in [0.15, 0.2) is 48.8 Å². The van der Waals surface area contributed by atoms with E-state index in [1.165, 1.54) is 18.3 Å². The van der Waals surface area contributed by atoms with Crippen molar-refractivity contribution >= 4 is 44.7 Å². The Morgan fingerprint density at radius 2 is 1.82 bits per heavy atom. The molecule has 3 heterocycles. The second-order valence-electron chi connectivity index (χ2n) is 9.35. The average Bonchev–Trinajstić information content (AvgIpc) is 3.40. The van der Waals surface area contributed by atoms with Crippen LogP contribution in [0, 0.1) is 12.8 Å². The predicted octanol–water partition coefficient (Wildman–Crippen LogP) is 5.90. The van der Waals surface area contributed by atoms with Crippen LogP contribution >= 0.6 is 22.9 Å². The first-order valence-electron chi connectivity index (χ1n) is 11.2. The number of fused-ring (bicyclic) bond motifs is 3. The lowest BCUT2D eigenvalue weighted by atomic mass is 9.62. The predicted molar refractivity (Wildman–Crippen MR) is 135 cm³/mol. The van der Waals surface area contributed by atoms with Crippen molar-refractivity contribution in [2.24, 2.45) is 5.92 Å². The van der Waals surface area contributed by atoms with Crippen molar-refractivity contribution in [3.8, 4) is 5.69 Å². The van der Waals surface area contributed by atoms with Crippen LogP contribution < -0.4 is 0 Å². The van der Waals surface area contributed by atoms with Gasteiger partial charge in [0.25, 0.3) is 0 Å². The Morgan fingerprint density at radius 1 is 1.18 bits per heavy atom. The summed E-state index contributed by atoms with van der Waals surface area (Å²) in [6, 6.07) is 11.3. The quantitative estimate of drug-likeness (QED) is 0.360. The summed E-state index contributed by atoms with van der Waals surface area (Å²) in [5.74, 6) is -1.13. The smallest absolute Gasteiger partial charge is 0.171 e. The molecule has 0 saturated heterocycles. The van der Waals surface area contributed by atoms with Crippen LogP contribution in [0.3, 0.4) is 0 Å². The summed E-state index contributed by atoms with van der Waals surface area (Å²) in [7, 11) is 0. The highest BCUT2D eigenvalue weighted by Crippen LogP contribution is 2.51. The third-order valence-corrected chi connectivity index (χ3v) is 8.27. The lowest BCUT2D eigenvalue weighted by molar-refractivity contribution is -0.130. The molecule has 1 N–H and O–H groups in total. The van der Waals surface area contributed by atoms with Gasteiger partial charge in [-0.2, -0.15) is 0 Å². The Kier molecular flexibility index (Phi) is 5.51. The summed E-state index contributed by atoms with van der Waals surface area (Å²) >= 11 is 7.54. The summed E-state index contributed by atoms with van der Waals surface area (Å²) in [5, 5.41) is 13.2. The molecular formula is C27H25ClN2O3S. The standard InChI is InChI=1S/C27H25ClN2O3S/c1-14-20-19(22-24(30-11-5-6-12-30)25(16(3)32)34-26(22)29-14)13-27(4,33)23(15(2)31)21(20)17-7-9-18(28)10-8-17/h5-12,21,23,33H,13H2,1-4H3. The molecule has 34 heavy (non-hydrogen) atoms. The topological polar surface area (TPSA) is 72.2 Å². The van der Waals surface area contributed by atoms with Crippen molar-refractivity contribution in [2.75, 3.05) is 0 Å².